The van der Waals surface area contributed by atoms with Crippen molar-refractivity contribution in [1.29, 1.82) is 0 Å². The van der Waals surface area contributed by atoms with Gasteiger partial charge < -0.3 is 4.90 Å². The van der Waals surface area contributed by atoms with Gasteiger partial charge in [0.25, 0.3) is 5.70 Å². The number of nitrogens with zero attached hydrogens (tertiary/aromatic N) is 3. The molecule has 5 nitrogen and oxygen atoms in total. The zero-order chi connectivity index (χ0) is 12.6. The van der Waals surface area contributed by atoms with Crippen LogP contribution in [0.25, 0.3) is 0 Å². The van der Waals surface area contributed by atoms with E-state index in [0.717, 1.165) is 12.1 Å². The average molecular weight is 235 g/mol. The molecule has 0 aromatic heterocycles. The lowest BCUT2D eigenvalue weighted by Gasteiger charge is -2.42. The van der Waals surface area contributed by atoms with Gasteiger partial charge in [-0.2, -0.15) is 0 Å². The van der Waals surface area contributed by atoms with Crippen molar-refractivity contribution in [2.24, 2.45) is 4.99 Å². The van der Waals surface area contributed by atoms with Crippen LogP contribution in [0.1, 0.15) is 27.2 Å². The number of aliphatic imine (C=N–C) groups is 1. The Morgan fingerprint density at radius 1 is 1.53 bits per heavy atom. The third kappa shape index (κ3) is 2.09. The minimum atomic E-state index is -0.308. The molecule has 1 aliphatic carbocycles. The summed E-state index contributed by atoms with van der Waals surface area (Å²) in [6.07, 6.45) is 6.03. The first kappa shape index (κ1) is 11.8. The molecule has 0 radical (unpaired) electrons. The molecule has 0 aromatic rings. The molecule has 2 rings (SSSR count). The summed E-state index contributed by atoms with van der Waals surface area (Å²) in [4.78, 5) is 17.2. The largest absolute Gasteiger partial charge is 0.357 e. The molecule has 1 atom stereocenters. The Kier molecular flexibility index (Phi) is 2.77. The fourth-order valence-corrected chi connectivity index (χ4v) is 2.27. The summed E-state index contributed by atoms with van der Waals surface area (Å²) >= 11 is 0. The Morgan fingerprint density at radius 3 is 2.82 bits per heavy atom. The molecule has 0 bridgehead atoms. The molecule has 17 heavy (non-hydrogen) atoms. The van der Waals surface area contributed by atoms with Crippen molar-refractivity contribution in [2.75, 3.05) is 6.54 Å². The van der Waals surface area contributed by atoms with Crippen molar-refractivity contribution in [1.82, 2.24) is 4.90 Å². The van der Waals surface area contributed by atoms with E-state index in [9.17, 15) is 10.1 Å². The highest BCUT2D eigenvalue weighted by Gasteiger charge is 2.37. The van der Waals surface area contributed by atoms with Crippen molar-refractivity contribution < 1.29 is 4.92 Å². The molecular weight excluding hydrogens is 218 g/mol. The fraction of sp³-hybridized carbons (Fsp3) is 0.583. The number of hydrogen-bond donors (Lipinski definition) is 0. The molecular formula is C12H17N3O2. The summed E-state index contributed by atoms with van der Waals surface area (Å²) in [6, 6.07) is -0.0895. The van der Waals surface area contributed by atoms with E-state index in [1.807, 2.05) is 12.3 Å². The van der Waals surface area contributed by atoms with Gasteiger partial charge in [-0.15, -0.1) is 0 Å². The smallest absolute Gasteiger partial charge is 0.290 e. The topological polar surface area (TPSA) is 58.7 Å². The summed E-state index contributed by atoms with van der Waals surface area (Å²) in [7, 11) is 0. The van der Waals surface area contributed by atoms with E-state index in [-0.39, 0.29) is 22.2 Å². The van der Waals surface area contributed by atoms with E-state index in [2.05, 4.69) is 30.7 Å². The Balaban J connectivity index is 2.53. The maximum absolute atomic E-state index is 11.1. The van der Waals surface area contributed by atoms with E-state index >= 15 is 0 Å². The third-order valence-electron chi connectivity index (χ3n) is 3.06. The van der Waals surface area contributed by atoms with Crippen LogP contribution < -0.4 is 0 Å². The maximum Gasteiger partial charge on any atom is 0.290 e. The van der Waals surface area contributed by atoms with E-state index < -0.39 is 0 Å². The minimum Gasteiger partial charge on any atom is -0.357 e. The van der Waals surface area contributed by atoms with Crippen LogP contribution in [-0.4, -0.2) is 34.2 Å². The molecule has 0 amide bonds. The molecule has 0 aromatic carbocycles. The van der Waals surface area contributed by atoms with Crippen molar-refractivity contribution in [3.63, 3.8) is 0 Å². The zero-order valence-electron chi connectivity index (χ0n) is 10.4. The Labute approximate surface area is 101 Å². The molecule has 92 valence electrons. The van der Waals surface area contributed by atoms with E-state index in [1.54, 1.807) is 6.08 Å². The molecule has 1 unspecified atom stereocenters. The lowest BCUT2D eigenvalue weighted by Crippen LogP contribution is -2.48. The lowest BCUT2D eigenvalue weighted by atomic mass is 9.95. The van der Waals surface area contributed by atoms with Gasteiger partial charge in [0.1, 0.15) is 5.70 Å². The number of hydrogen-bond acceptors (Lipinski definition) is 4. The second-order valence-corrected chi connectivity index (χ2v) is 5.29. The zero-order valence-corrected chi connectivity index (χ0v) is 10.4. The van der Waals surface area contributed by atoms with Crippen LogP contribution in [0.2, 0.25) is 0 Å². The molecule has 0 spiro atoms. The van der Waals surface area contributed by atoms with Gasteiger partial charge in [-0.25, -0.2) is 0 Å². The summed E-state index contributed by atoms with van der Waals surface area (Å²) in [6.45, 7) is 6.82. The Morgan fingerprint density at radius 2 is 2.24 bits per heavy atom. The molecule has 1 aliphatic heterocycles. The number of rotatable bonds is 1. The fourth-order valence-electron chi connectivity index (χ4n) is 2.27. The van der Waals surface area contributed by atoms with Crippen molar-refractivity contribution in [3.05, 3.63) is 33.7 Å². The van der Waals surface area contributed by atoms with Gasteiger partial charge in [-0.3, -0.25) is 15.1 Å². The number of nitro groups is 1. The van der Waals surface area contributed by atoms with Gasteiger partial charge in [0.05, 0.1) is 17.5 Å². The average Bonchev–Trinajstić information content (AvgIpc) is 2.26. The predicted octanol–water partition coefficient (Wildman–Crippen LogP) is 1.99. The second kappa shape index (κ2) is 3.98. The number of fused-ring (bicyclic) bond motifs is 1. The first-order valence-electron chi connectivity index (χ1n) is 5.75. The Hall–Kier alpha value is -1.65. The highest BCUT2D eigenvalue weighted by molar-refractivity contribution is 5.63. The monoisotopic (exact) mass is 235 g/mol. The van der Waals surface area contributed by atoms with Crippen molar-refractivity contribution >= 4 is 6.21 Å². The van der Waals surface area contributed by atoms with Crippen LogP contribution in [-0.2, 0) is 0 Å². The Bertz CT molecular complexity index is 430. The molecule has 0 fully saturated rings. The molecule has 0 saturated heterocycles. The van der Waals surface area contributed by atoms with Crippen LogP contribution in [0.15, 0.2) is 28.5 Å². The van der Waals surface area contributed by atoms with Crippen LogP contribution in [0.5, 0.6) is 0 Å². The van der Waals surface area contributed by atoms with Gasteiger partial charge in [0.15, 0.2) is 0 Å². The molecule has 5 heteroatoms. The van der Waals surface area contributed by atoms with Crippen LogP contribution in [0.4, 0.5) is 0 Å². The SMILES string of the molecule is CC(C)(C)N1CC=NC2CC=CC([N+](=O)[O-])=C21. The quantitative estimate of drug-likeness (QED) is 0.516. The van der Waals surface area contributed by atoms with Gasteiger partial charge in [0, 0.05) is 17.8 Å². The number of allylic oxidation sites excluding steroid dienone is 1. The van der Waals surface area contributed by atoms with Gasteiger partial charge in [-0.1, -0.05) is 6.08 Å². The molecule has 0 N–H and O–H groups in total. The van der Waals surface area contributed by atoms with Gasteiger partial charge in [-0.05, 0) is 27.2 Å². The molecule has 0 saturated carbocycles. The second-order valence-electron chi connectivity index (χ2n) is 5.29. The summed E-state index contributed by atoms with van der Waals surface area (Å²) < 4.78 is 0. The normalized spacial score (nSPS) is 23.9. The first-order chi connectivity index (χ1) is 7.91. The summed E-state index contributed by atoms with van der Waals surface area (Å²) in [5.74, 6) is 0. The summed E-state index contributed by atoms with van der Waals surface area (Å²) in [5.41, 5.74) is 0.812. The minimum absolute atomic E-state index is 0.0895. The molecule has 1 heterocycles. The maximum atomic E-state index is 11.1. The van der Waals surface area contributed by atoms with Crippen molar-refractivity contribution in [3.8, 4) is 0 Å². The molecule has 2 aliphatic rings. The highest BCUT2D eigenvalue weighted by atomic mass is 16.6. The van der Waals surface area contributed by atoms with Gasteiger partial charge >= 0.3 is 0 Å². The first-order valence-corrected chi connectivity index (χ1v) is 5.75. The van der Waals surface area contributed by atoms with Crippen LogP contribution >= 0.6 is 0 Å². The van der Waals surface area contributed by atoms with E-state index in [0.29, 0.717) is 6.54 Å². The lowest BCUT2D eigenvalue weighted by molar-refractivity contribution is -0.422. The van der Waals surface area contributed by atoms with Crippen LogP contribution in [0, 0.1) is 10.1 Å². The predicted molar refractivity (Wildman–Crippen MR) is 66.5 cm³/mol. The van der Waals surface area contributed by atoms with Gasteiger partial charge in [0.2, 0.25) is 0 Å². The summed E-state index contributed by atoms with van der Waals surface area (Å²) in [5, 5.41) is 11.1. The standard InChI is InChI=1S/C12H17N3O2/c1-12(2,3)14-8-7-13-9-5-4-6-10(11(9)14)15(16)17/h4,6-7,9H,5,8H2,1-3H3. The van der Waals surface area contributed by atoms with E-state index in [1.165, 1.54) is 0 Å². The third-order valence-corrected chi connectivity index (χ3v) is 3.06. The highest BCUT2D eigenvalue weighted by Crippen LogP contribution is 2.32. The van der Waals surface area contributed by atoms with E-state index in [4.69, 9.17) is 0 Å². The van der Waals surface area contributed by atoms with Crippen LogP contribution in [0.3, 0.4) is 0 Å². The van der Waals surface area contributed by atoms with Crippen molar-refractivity contribution in [2.45, 2.75) is 38.8 Å².